The van der Waals surface area contributed by atoms with Crippen LogP contribution in [0, 0.1) is 12.7 Å². The molecule has 0 unspecified atom stereocenters. The van der Waals surface area contributed by atoms with Gasteiger partial charge in [-0.3, -0.25) is 4.79 Å². The van der Waals surface area contributed by atoms with E-state index in [4.69, 9.17) is 4.52 Å². The highest BCUT2D eigenvalue weighted by atomic mass is 19.1. The lowest BCUT2D eigenvalue weighted by atomic mass is 10.0. The van der Waals surface area contributed by atoms with Crippen LogP contribution in [0.1, 0.15) is 17.0 Å². The first-order valence-corrected chi connectivity index (χ1v) is 7.34. The summed E-state index contributed by atoms with van der Waals surface area (Å²) in [6.45, 7) is 1.73. The molecule has 0 spiro atoms. The Bertz CT molecular complexity index is 974. The van der Waals surface area contributed by atoms with Gasteiger partial charge in [0, 0.05) is 29.3 Å². The van der Waals surface area contributed by atoms with Crippen LogP contribution in [0.4, 0.5) is 10.1 Å². The van der Waals surface area contributed by atoms with Gasteiger partial charge in [-0.05, 0) is 29.8 Å². The molecule has 2 heterocycles. The Balaban J connectivity index is 1.69. The zero-order valence-corrected chi connectivity index (χ0v) is 12.7. The van der Waals surface area contributed by atoms with E-state index in [9.17, 15) is 9.18 Å². The average Bonchev–Trinajstić information content (AvgIpc) is 3.13. The van der Waals surface area contributed by atoms with E-state index in [0.717, 1.165) is 11.1 Å². The van der Waals surface area contributed by atoms with Crippen LogP contribution in [-0.4, -0.2) is 16.0 Å². The zero-order chi connectivity index (χ0) is 16.7. The molecule has 0 atom stereocenters. The van der Waals surface area contributed by atoms with E-state index in [0.29, 0.717) is 28.5 Å². The van der Waals surface area contributed by atoms with Crippen molar-refractivity contribution in [2.75, 3.05) is 5.32 Å². The van der Waals surface area contributed by atoms with Crippen molar-refractivity contribution in [1.29, 1.82) is 0 Å². The first-order valence-electron chi connectivity index (χ1n) is 7.34. The van der Waals surface area contributed by atoms with Gasteiger partial charge in [-0.25, -0.2) is 4.39 Å². The normalized spacial score (nSPS) is 14.8. The number of nitrogens with one attached hydrogen (secondary N) is 1. The standard InChI is InChI=1S/C18H12FN3O2/c1-10-20-17(22-24-10)12-4-2-11(3-5-12)8-15-14-9-13(19)6-7-16(14)21-18(15)23/h2-9H,1H3,(H,21,23). The minimum absolute atomic E-state index is 0.242. The van der Waals surface area contributed by atoms with E-state index in [1.54, 1.807) is 19.1 Å². The van der Waals surface area contributed by atoms with E-state index < -0.39 is 0 Å². The smallest absolute Gasteiger partial charge is 0.256 e. The summed E-state index contributed by atoms with van der Waals surface area (Å²) in [4.78, 5) is 16.3. The molecule has 0 aliphatic carbocycles. The maximum absolute atomic E-state index is 13.5. The van der Waals surface area contributed by atoms with Crippen molar-refractivity contribution in [2.45, 2.75) is 6.92 Å². The number of aryl methyl sites for hydroxylation is 1. The molecule has 0 fully saturated rings. The van der Waals surface area contributed by atoms with Gasteiger partial charge >= 0.3 is 0 Å². The number of amides is 1. The van der Waals surface area contributed by atoms with Crippen molar-refractivity contribution >= 4 is 23.2 Å². The van der Waals surface area contributed by atoms with Crippen molar-refractivity contribution < 1.29 is 13.7 Å². The molecule has 1 amide bonds. The van der Waals surface area contributed by atoms with Gasteiger partial charge in [-0.1, -0.05) is 29.4 Å². The number of carbonyl (C=O) groups is 1. The highest BCUT2D eigenvalue weighted by molar-refractivity contribution is 6.34. The molecule has 1 N–H and O–H groups in total. The summed E-state index contributed by atoms with van der Waals surface area (Å²) in [5.41, 5.74) is 3.26. The topological polar surface area (TPSA) is 68.0 Å². The largest absolute Gasteiger partial charge is 0.339 e. The number of aromatic nitrogens is 2. The first kappa shape index (κ1) is 14.3. The van der Waals surface area contributed by atoms with Crippen LogP contribution >= 0.6 is 0 Å². The van der Waals surface area contributed by atoms with E-state index in [1.165, 1.54) is 12.1 Å². The number of hydrogen-bond donors (Lipinski definition) is 1. The van der Waals surface area contributed by atoms with Crippen LogP contribution in [0.25, 0.3) is 23.0 Å². The molecule has 24 heavy (non-hydrogen) atoms. The van der Waals surface area contributed by atoms with E-state index in [1.807, 2.05) is 24.3 Å². The number of halogens is 1. The van der Waals surface area contributed by atoms with Crippen LogP contribution in [0.5, 0.6) is 0 Å². The van der Waals surface area contributed by atoms with Gasteiger partial charge in [0.2, 0.25) is 11.7 Å². The van der Waals surface area contributed by atoms with Crippen LogP contribution in [-0.2, 0) is 4.79 Å². The van der Waals surface area contributed by atoms with Gasteiger partial charge < -0.3 is 9.84 Å². The predicted molar refractivity (Wildman–Crippen MR) is 87.4 cm³/mol. The zero-order valence-electron chi connectivity index (χ0n) is 12.7. The summed E-state index contributed by atoms with van der Waals surface area (Å²) in [7, 11) is 0. The number of anilines is 1. The van der Waals surface area contributed by atoms with E-state index >= 15 is 0 Å². The van der Waals surface area contributed by atoms with E-state index in [-0.39, 0.29) is 11.7 Å². The van der Waals surface area contributed by atoms with Gasteiger partial charge in [0.1, 0.15) is 5.82 Å². The number of fused-ring (bicyclic) bond motifs is 1. The monoisotopic (exact) mass is 321 g/mol. The third-order valence-corrected chi connectivity index (χ3v) is 3.77. The molecule has 4 rings (SSSR count). The molecule has 5 nitrogen and oxygen atoms in total. The molecular formula is C18H12FN3O2. The number of carbonyl (C=O) groups excluding carboxylic acids is 1. The molecule has 0 saturated carbocycles. The fourth-order valence-electron chi connectivity index (χ4n) is 2.62. The molecule has 0 saturated heterocycles. The van der Waals surface area contributed by atoms with Gasteiger partial charge in [0.05, 0.1) is 0 Å². The van der Waals surface area contributed by atoms with Gasteiger partial charge in [0.25, 0.3) is 5.91 Å². The molecule has 118 valence electrons. The molecule has 1 aliphatic heterocycles. The summed E-state index contributed by atoms with van der Waals surface area (Å²) >= 11 is 0. The summed E-state index contributed by atoms with van der Waals surface area (Å²) in [5, 5.41) is 6.59. The Morgan fingerprint density at radius 1 is 1.17 bits per heavy atom. The molecule has 6 heteroatoms. The summed E-state index contributed by atoms with van der Waals surface area (Å²) in [6, 6.07) is 11.6. The van der Waals surface area contributed by atoms with Crippen LogP contribution in [0.3, 0.4) is 0 Å². The van der Waals surface area contributed by atoms with Gasteiger partial charge in [-0.2, -0.15) is 4.98 Å². The van der Waals surface area contributed by atoms with Crippen molar-refractivity contribution in [3.8, 4) is 11.4 Å². The van der Waals surface area contributed by atoms with Crippen LogP contribution < -0.4 is 5.32 Å². The number of benzene rings is 2. The third-order valence-electron chi connectivity index (χ3n) is 3.77. The maximum Gasteiger partial charge on any atom is 0.256 e. The average molecular weight is 321 g/mol. The maximum atomic E-state index is 13.5. The predicted octanol–water partition coefficient (Wildman–Crippen LogP) is 3.68. The summed E-state index contributed by atoms with van der Waals surface area (Å²) < 4.78 is 18.4. The second kappa shape index (κ2) is 5.42. The fraction of sp³-hybridized carbons (Fsp3) is 0.0556. The molecular weight excluding hydrogens is 309 g/mol. The highest BCUT2D eigenvalue weighted by Crippen LogP contribution is 2.33. The van der Waals surface area contributed by atoms with Crippen molar-refractivity contribution in [2.24, 2.45) is 0 Å². The Morgan fingerprint density at radius 3 is 2.67 bits per heavy atom. The van der Waals surface area contributed by atoms with Crippen molar-refractivity contribution in [1.82, 2.24) is 10.1 Å². The van der Waals surface area contributed by atoms with Crippen molar-refractivity contribution in [3.63, 3.8) is 0 Å². The lowest BCUT2D eigenvalue weighted by molar-refractivity contribution is -0.110. The second-order valence-corrected chi connectivity index (χ2v) is 5.46. The molecule has 0 bridgehead atoms. The minimum atomic E-state index is -0.376. The Morgan fingerprint density at radius 2 is 1.96 bits per heavy atom. The molecule has 3 aromatic rings. The summed E-state index contributed by atoms with van der Waals surface area (Å²) in [5.74, 6) is 0.391. The second-order valence-electron chi connectivity index (χ2n) is 5.46. The van der Waals surface area contributed by atoms with Crippen LogP contribution in [0.2, 0.25) is 0 Å². The van der Waals surface area contributed by atoms with E-state index in [2.05, 4.69) is 15.5 Å². The lowest BCUT2D eigenvalue weighted by Crippen LogP contribution is -2.03. The quantitative estimate of drug-likeness (QED) is 0.731. The van der Waals surface area contributed by atoms with Crippen molar-refractivity contribution in [3.05, 3.63) is 65.3 Å². The first-order chi connectivity index (χ1) is 11.6. The van der Waals surface area contributed by atoms with Crippen LogP contribution in [0.15, 0.2) is 47.0 Å². The summed E-state index contributed by atoms with van der Waals surface area (Å²) in [6.07, 6.45) is 1.73. The fourth-order valence-corrected chi connectivity index (χ4v) is 2.62. The Labute approximate surface area is 136 Å². The Kier molecular flexibility index (Phi) is 3.23. The number of rotatable bonds is 2. The lowest BCUT2D eigenvalue weighted by Gasteiger charge is -2.00. The highest BCUT2D eigenvalue weighted by Gasteiger charge is 2.24. The van der Waals surface area contributed by atoms with Gasteiger partial charge in [-0.15, -0.1) is 0 Å². The molecule has 1 aliphatic rings. The minimum Gasteiger partial charge on any atom is -0.339 e. The Hall–Kier alpha value is -3.28. The van der Waals surface area contributed by atoms with Gasteiger partial charge in [0.15, 0.2) is 0 Å². The number of hydrogen-bond acceptors (Lipinski definition) is 4. The molecule has 1 aromatic heterocycles. The SMILES string of the molecule is Cc1nc(-c2ccc(C=C3C(=O)Nc4ccc(F)cc43)cc2)no1. The number of nitrogens with zero attached hydrogens (tertiary/aromatic N) is 2. The molecule has 0 radical (unpaired) electrons. The third kappa shape index (κ3) is 2.48. The molecule has 2 aromatic carbocycles.